The molecule has 0 radical (unpaired) electrons. The maximum absolute atomic E-state index is 14.3. The number of nitrogens with zero attached hydrogens (tertiary/aromatic N) is 2. The van der Waals surface area contributed by atoms with Gasteiger partial charge in [-0.15, -0.1) is 0 Å². The summed E-state index contributed by atoms with van der Waals surface area (Å²) in [4.78, 5) is 14.7. The van der Waals surface area contributed by atoms with Crippen molar-refractivity contribution < 1.29 is 22.3 Å². The lowest BCUT2D eigenvalue weighted by atomic mass is 9.76. The molecule has 3 aromatic carbocycles. The predicted octanol–water partition coefficient (Wildman–Crippen LogP) is 5.69. The molecule has 0 spiro atoms. The zero-order valence-electron chi connectivity index (χ0n) is 21.6. The number of aryl methyl sites for hydroxylation is 1. The molecule has 0 N–H and O–H groups in total. The van der Waals surface area contributed by atoms with Crippen molar-refractivity contribution in [3.05, 3.63) is 94.8 Å². The Morgan fingerprint density at radius 2 is 1.71 bits per heavy atom. The Labute approximate surface area is 229 Å². The van der Waals surface area contributed by atoms with Gasteiger partial charge in [-0.1, -0.05) is 54.1 Å². The summed E-state index contributed by atoms with van der Waals surface area (Å²) in [5.41, 5.74) is 1.32. The number of carbonyl (C=O) groups is 1. The number of carbonyl (C=O) groups excluding carboxylic acids is 1. The molecule has 202 valence electrons. The summed E-state index contributed by atoms with van der Waals surface area (Å²) in [6.45, 7) is 2.93. The highest BCUT2D eigenvalue weighted by atomic mass is 35.5. The smallest absolute Gasteiger partial charge is 0.245 e. The Balaban J connectivity index is 1.51. The van der Waals surface area contributed by atoms with Gasteiger partial charge in [-0.3, -0.25) is 4.79 Å². The molecular formula is C29H32ClFN2O4S. The van der Waals surface area contributed by atoms with Gasteiger partial charge in [-0.05, 0) is 61.2 Å². The Bertz CT molecular complexity index is 1380. The lowest BCUT2D eigenvalue weighted by molar-refractivity contribution is -0.134. The van der Waals surface area contributed by atoms with Crippen LogP contribution in [0.5, 0.6) is 5.75 Å². The topological polar surface area (TPSA) is 66.9 Å². The quantitative estimate of drug-likeness (QED) is 0.338. The molecule has 1 aliphatic rings. The number of amides is 1. The maximum atomic E-state index is 14.3. The summed E-state index contributed by atoms with van der Waals surface area (Å²) in [5, 5.41) is 0.636. The number of hydrogen-bond acceptors (Lipinski definition) is 4. The molecule has 0 aromatic heterocycles. The Morgan fingerprint density at radius 1 is 1.05 bits per heavy atom. The average molecular weight is 559 g/mol. The molecule has 3 aromatic rings. The molecule has 0 saturated carbocycles. The molecule has 4 rings (SSSR count). The van der Waals surface area contributed by atoms with Crippen LogP contribution in [0, 0.1) is 18.2 Å². The molecule has 9 heteroatoms. The highest BCUT2D eigenvalue weighted by molar-refractivity contribution is 7.89. The highest BCUT2D eigenvalue weighted by Crippen LogP contribution is 2.38. The van der Waals surface area contributed by atoms with Gasteiger partial charge in [0.05, 0.1) is 6.61 Å². The summed E-state index contributed by atoms with van der Waals surface area (Å²) in [7, 11) is -2.23. The number of piperidine rings is 1. The van der Waals surface area contributed by atoms with Crippen LogP contribution in [0.25, 0.3) is 0 Å². The number of ether oxygens (including phenoxy) is 1. The molecule has 1 heterocycles. The first-order valence-electron chi connectivity index (χ1n) is 12.5. The van der Waals surface area contributed by atoms with Gasteiger partial charge in [0, 0.05) is 43.5 Å². The lowest BCUT2D eigenvalue weighted by Crippen LogP contribution is -2.47. The van der Waals surface area contributed by atoms with Gasteiger partial charge in [0.1, 0.15) is 16.5 Å². The van der Waals surface area contributed by atoms with Crippen molar-refractivity contribution in [3.8, 4) is 5.75 Å². The molecule has 1 amide bonds. The second kappa shape index (κ2) is 11.8. The maximum Gasteiger partial charge on any atom is 0.245 e. The van der Waals surface area contributed by atoms with Crippen LogP contribution in [0.1, 0.15) is 30.4 Å². The van der Waals surface area contributed by atoms with E-state index in [-0.39, 0.29) is 36.9 Å². The first kappa shape index (κ1) is 28.1. The van der Waals surface area contributed by atoms with Crippen LogP contribution in [0.15, 0.2) is 77.7 Å². The summed E-state index contributed by atoms with van der Waals surface area (Å²) in [6.07, 6.45) is 1.01. The average Bonchev–Trinajstić information content (AvgIpc) is 2.90. The van der Waals surface area contributed by atoms with Crippen molar-refractivity contribution in [2.24, 2.45) is 5.41 Å². The van der Waals surface area contributed by atoms with Gasteiger partial charge in [-0.2, -0.15) is 4.31 Å². The van der Waals surface area contributed by atoms with Crippen molar-refractivity contribution in [2.75, 3.05) is 26.7 Å². The minimum Gasteiger partial charge on any atom is -0.493 e. The van der Waals surface area contributed by atoms with Crippen LogP contribution < -0.4 is 4.74 Å². The number of sulfonamides is 1. The standard InChI is InChI=1S/C29H32ClFN2O4S/c1-22-18-24(12-13-25(22)30)37-21-29(19-28(34)32(2)20-23-8-4-3-5-9-23)14-16-33(17-15-29)38(35,36)27-11-7-6-10-26(27)31/h3-13,18H,14-17,19-21H2,1-2H3. The Morgan fingerprint density at radius 3 is 2.37 bits per heavy atom. The molecular weight excluding hydrogens is 527 g/mol. The van der Waals surface area contributed by atoms with Gasteiger partial charge >= 0.3 is 0 Å². The molecule has 0 aliphatic carbocycles. The van der Waals surface area contributed by atoms with E-state index < -0.39 is 21.3 Å². The normalized spacial score (nSPS) is 15.7. The SMILES string of the molecule is Cc1cc(OCC2(CC(=O)N(C)Cc3ccccc3)CCN(S(=O)(=O)c3ccccc3F)CC2)ccc1Cl. The van der Waals surface area contributed by atoms with Crippen molar-refractivity contribution >= 4 is 27.5 Å². The van der Waals surface area contributed by atoms with E-state index in [0.717, 1.165) is 17.2 Å². The van der Waals surface area contributed by atoms with Crippen molar-refractivity contribution in [2.45, 2.75) is 37.6 Å². The molecule has 38 heavy (non-hydrogen) atoms. The largest absolute Gasteiger partial charge is 0.493 e. The molecule has 1 fully saturated rings. The molecule has 0 unspecified atom stereocenters. The predicted molar refractivity (Wildman–Crippen MR) is 146 cm³/mol. The summed E-state index contributed by atoms with van der Waals surface area (Å²) in [6, 6.07) is 20.5. The highest BCUT2D eigenvalue weighted by Gasteiger charge is 2.41. The fraction of sp³-hybridized carbons (Fsp3) is 0.345. The number of hydrogen-bond donors (Lipinski definition) is 0. The number of benzene rings is 3. The molecule has 0 bridgehead atoms. The van der Waals surface area contributed by atoms with Crippen LogP contribution in [-0.2, 0) is 21.4 Å². The molecule has 0 atom stereocenters. The van der Waals surface area contributed by atoms with E-state index in [1.54, 1.807) is 24.1 Å². The lowest BCUT2D eigenvalue weighted by Gasteiger charge is -2.41. The van der Waals surface area contributed by atoms with Gasteiger partial charge in [0.2, 0.25) is 15.9 Å². The third kappa shape index (κ3) is 6.54. The number of halogens is 2. The summed E-state index contributed by atoms with van der Waals surface area (Å²) in [5.74, 6) is -0.184. The van der Waals surface area contributed by atoms with E-state index in [4.69, 9.17) is 16.3 Å². The van der Waals surface area contributed by atoms with E-state index in [1.807, 2.05) is 43.3 Å². The van der Waals surface area contributed by atoms with Crippen molar-refractivity contribution in [1.82, 2.24) is 9.21 Å². The Kier molecular flexibility index (Phi) is 8.75. The van der Waals surface area contributed by atoms with E-state index in [0.29, 0.717) is 30.2 Å². The zero-order chi connectivity index (χ0) is 27.3. The number of rotatable bonds is 9. The van der Waals surface area contributed by atoms with E-state index in [1.165, 1.54) is 22.5 Å². The van der Waals surface area contributed by atoms with Gasteiger partial charge in [0.25, 0.3) is 0 Å². The second-order valence-electron chi connectivity index (χ2n) is 9.95. The van der Waals surface area contributed by atoms with Crippen LogP contribution in [-0.4, -0.2) is 50.3 Å². The summed E-state index contributed by atoms with van der Waals surface area (Å²) < 4.78 is 48.1. The van der Waals surface area contributed by atoms with E-state index >= 15 is 0 Å². The zero-order valence-corrected chi connectivity index (χ0v) is 23.1. The van der Waals surface area contributed by atoms with Crippen LogP contribution >= 0.6 is 11.6 Å². The third-order valence-electron chi connectivity index (χ3n) is 7.13. The first-order valence-corrected chi connectivity index (χ1v) is 14.3. The van der Waals surface area contributed by atoms with E-state index in [2.05, 4.69) is 0 Å². The minimum absolute atomic E-state index is 0.0462. The molecule has 6 nitrogen and oxygen atoms in total. The van der Waals surface area contributed by atoms with Gasteiger partial charge < -0.3 is 9.64 Å². The summed E-state index contributed by atoms with van der Waals surface area (Å²) >= 11 is 6.15. The fourth-order valence-corrected chi connectivity index (χ4v) is 6.33. The van der Waals surface area contributed by atoms with E-state index in [9.17, 15) is 17.6 Å². The minimum atomic E-state index is -4.00. The van der Waals surface area contributed by atoms with Crippen molar-refractivity contribution in [3.63, 3.8) is 0 Å². The monoisotopic (exact) mass is 558 g/mol. The van der Waals surface area contributed by atoms with Crippen molar-refractivity contribution in [1.29, 1.82) is 0 Å². The van der Waals surface area contributed by atoms with Crippen LogP contribution in [0.2, 0.25) is 5.02 Å². The van der Waals surface area contributed by atoms with Gasteiger partial charge in [0.15, 0.2) is 0 Å². The van der Waals surface area contributed by atoms with Crippen LogP contribution in [0.3, 0.4) is 0 Å². The fourth-order valence-electron chi connectivity index (χ4n) is 4.71. The third-order valence-corrected chi connectivity index (χ3v) is 9.48. The molecule has 1 aliphatic heterocycles. The Hall–Kier alpha value is -2.94. The van der Waals surface area contributed by atoms with Crippen LogP contribution in [0.4, 0.5) is 4.39 Å². The first-order chi connectivity index (χ1) is 18.1. The second-order valence-corrected chi connectivity index (χ2v) is 12.3. The van der Waals surface area contributed by atoms with Gasteiger partial charge in [-0.25, -0.2) is 12.8 Å². The molecule has 1 saturated heterocycles.